The van der Waals surface area contributed by atoms with Gasteiger partial charge in [0.2, 0.25) is 12.1 Å². The minimum Gasteiger partial charge on any atom is -0.497 e. The third kappa shape index (κ3) is 5.54. The van der Waals surface area contributed by atoms with Crippen LogP contribution >= 0.6 is 0 Å². The second-order valence-electron chi connectivity index (χ2n) is 6.40. The number of amides is 1. The monoisotopic (exact) mass is 406 g/mol. The van der Waals surface area contributed by atoms with Crippen molar-refractivity contribution in [2.45, 2.75) is 6.10 Å². The number of hydrogen-bond donors (Lipinski definition) is 1. The van der Waals surface area contributed by atoms with Gasteiger partial charge in [-0.05, 0) is 30.3 Å². The number of carbonyl (C=O) groups is 2. The standard InChI is InChI=1S/C22H22N4O4/c1-26(22-23-13-6-14-24-22)15-19(27)30-20(16-7-4-3-5-8-16)21(28)25-17-9-11-18(29-2)12-10-17/h3-14,20H,15H2,1-2H3,(H,25,28). The maximum atomic E-state index is 12.9. The van der Waals surface area contributed by atoms with E-state index in [9.17, 15) is 9.59 Å². The van der Waals surface area contributed by atoms with E-state index in [2.05, 4.69) is 15.3 Å². The fourth-order valence-corrected chi connectivity index (χ4v) is 2.70. The van der Waals surface area contributed by atoms with Crippen LogP contribution in [0.15, 0.2) is 73.1 Å². The Morgan fingerprint density at radius 1 is 1.00 bits per heavy atom. The van der Waals surface area contributed by atoms with Crippen LogP contribution in [0.25, 0.3) is 0 Å². The Balaban J connectivity index is 1.72. The summed E-state index contributed by atoms with van der Waals surface area (Å²) in [6.07, 6.45) is 2.06. The van der Waals surface area contributed by atoms with Gasteiger partial charge >= 0.3 is 5.97 Å². The number of aromatic nitrogens is 2. The molecule has 0 saturated heterocycles. The first kappa shape index (κ1) is 20.8. The van der Waals surface area contributed by atoms with E-state index in [0.717, 1.165) is 0 Å². The van der Waals surface area contributed by atoms with E-state index in [0.29, 0.717) is 22.9 Å². The summed E-state index contributed by atoms with van der Waals surface area (Å²) in [5.74, 6) is 0.0145. The molecular weight excluding hydrogens is 384 g/mol. The molecule has 3 aromatic rings. The van der Waals surface area contributed by atoms with E-state index in [-0.39, 0.29) is 6.54 Å². The number of ether oxygens (including phenoxy) is 2. The molecular formula is C22H22N4O4. The van der Waals surface area contributed by atoms with Crippen molar-refractivity contribution >= 4 is 23.5 Å². The summed E-state index contributed by atoms with van der Waals surface area (Å²) in [5.41, 5.74) is 1.13. The number of esters is 1. The summed E-state index contributed by atoms with van der Waals surface area (Å²) in [5, 5.41) is 2.77. The average molecular weight is 406 g/mol. The van der Waals surface area contributed by atoms with Gasteiger partial charge in [0.05, 0.1) is 7.11 Å². The van der Waals surface area contributed by atoms with Gasteiger partial charge in [-0.1, -0.05) is 30.3 Å². The van der Waals surface area contributed by atoms with E-state index in [4.69, 9.17) is 9.47 Å². The topological polar surface area (TPSA) is 93.6 Å². The van der Waals surface area contributed by atoms with Crippen molar-refractivity contribution in [3.05, 3.63) is 78.6 Å². The quantitative estimate of drug-likeness (QED) is 0.575. The van der Waals surface area contributed by atoms with Crippen LogP contribution in [0.4, 0.5) is 11.6 Å². The maximum Gasteiger partial charge on any atom is 0.326 e. The lowest BCUT2D eigenvalue weighted by molar-refractivity contribution is -0.153. The van der Waals surface area contributed by atoms with Crippen LogP contribution in [-0.2, 0) is 14.3 Å². The van der Waals surface area contributed by atoms with Gasteiger partial charge in [0, 0.05) is 30.7 Å². The van der Waals surface area contributed by atoms with Crippen LogP contribution in [0.5, 0.6) is 5.75 Å². The largest absolute Gasteiger partial charge is 0.497 e. The molecule has 0 aliphatic rings. The first-order valence-electron chi connectivity index (χ1n) is 9.24. The molecule has 0 spiro atoms. The molecule has 1 unspecified atom stereocenters. The number of likely N-dealkylation sites (N-methyl/N-ethyl adjacent to an activating group) is 1. The van der Waals surface area contributed by atoms with Gasteiger partial charge in [-0.2, -0.15) is 0 Å². The third-order valence-corrected chi connectivity index (χ3v) is 4.21. The molecule has 1 atom stereocenters. The molecule has 8 nitrogen and oxygen atoms in total. The van der Waals surface area contributed by atoms with Crippen molar-refractivity contribution in [2.75, 3.05) is 30.9 Å². The van der Waals surface area contributed by atoms with Gasteiger partial charge in [0.25, 0.3) is 5.91 Å². The number of methoxy groups -OCH3 is 1. The Hall–Kier alpha value is -3.94. The Morgan fingerprint density at radius 3 is 2.30 bits per heavy atom. The molecule has 30 heavy (non-hydrogen) atoms. The number of hydrogen-bond acceptors (Lipinski definition) is 7. The van der Waals surface area contributed by atoms with Crippen molar-refractivity contribution < 1.29 is 19.1 Å². The molecule has 1 N–H and O–H groups in total. The lowest BCUT2D eigenvalue weighted by Crippen LogP contribution is -2.32. The van der Waals surface area contributed by atoms with E-state index in [1.54, 1.807) is 86.0 Å². The van der Waals surface area contributed by atoms with Gasteiger partial charge in [-0.25, -0.2) is 9.97 Å². The Kier molecular flexibility index (Phi) is 6.94. The number of anilines is 2. The predicted molar refractivity (Wildman–Crippen MR) is 112 cm³/mol. The highest BCUT2D eigenvalue weighted by Gasteiger charge is 2.26. The van der Waals surface area contributed by atoms with Gasteiger partial charge in [-0.3, -0.25) is 9.59 Å². The van der Waals surface area contributed by atoms with Crippen molar-refractivity contribution in [1.82, 2.24) is 9.97 Å². The summed E-state index contributed by atoms with van der Waals surface area (Å²) in [6.45, 7) is -0.108. The molecule has 0 bridgehead atoms. The zero-order valence-corrected chi connectivity index (χ0v) is 16.7. The molecule has 1 amide bonds. The second-order valence-corrected chi connectivity index (χ2v) is 6.40. The molecule has 0 saturated carbocycles. The molecule has 0 fully saturated rings. The smallest absolute Gasteiger partial charge is 0.326 e. The summed E-state index contributed by atoms with van der Waals surface area (Å²) < 4.78 is 10.7. The van der Waals surface area contributed by atoms with E-state index >= 15 is 0 Å². The van der Waals surface area contributed by atoms with E-state index < -0.39 is 18.0 Å². The molecule has 154 valence electrons. The molecule has 0 aliphatic carbocycles. The van der Waals surface area contributed by atoms with E-state index in [1.165, 1.54) is 0 Å². The maximum absolute atomic E-state index is 12.9. The van der Waals surface area contributed by atoms with Crippen molar-refractivity contribution in [2.24, 2.45) is 0 Å². The number of nitrogens with zero attached hydrogens (tertiary/aromatic N) is 3. The van der Waals surface area contributed by atoms with Crippen LogP contribution in [0.2, 0.25) is 0 Å². The number of rotatable bonds is 8. The highest BCUT2D eigenvalue weighted by molar-refractivity contribution is 5.96. The van der Waals surface area contributed by atoms with Crippen LogP contribution in [-0.4, -0.2) is 42.5 Å². The first-order chi connectivity index (χ1) is 14.6. The third-order valence-electron chi connectivity index (χ3n) is 4.21. The molecule has 1 aromatic heterocycles. The van der Waals surface area contributed by atoms with Crippen LogP contribution in [0, 0.1) is 0 Å². The summed E-state index contributed by atoms with van der Waals surface area (Å²) in [4.78, 5) is 35.2. The minimum absolute atomic E-state index is 0.108. The van der Waals surface area contributed by atoms with Crippen molar-refractivity contribution in [1.29, 1.82) is 0 Å². The lowest BCUT2D eigenvalue weighted by atomic mass is 10.1. The predicted octanol–water partition coefficient (Wildman–Crippen LogP) is 2.84. The van der Waals surface area contributed by atoms with Crippen LogP contribution < -0.4 is 15.0 Å². The van der Waals surface area contributed by atoms with Gasteiger partial charge in [0.15, 0.2) is 0 Å². The Bertz CT molecular complexity index is 965. The van der Waals surface area contributed by atoms with Crippen molar-refractivity contribution in [3.63, 3.8) is 0 Å². The number of carbonyl (C=O) groups excluding carboxylic acids is 2. The molecule has 2 aromatic carbocycles. The zero-order chi connectivity index (χ0) is 21.3. The summed E-state index contributed by atoms with van der Waals surface area (Å²) in [6, 6.07) is 17.4. The van der Waals surface area contributed by atoms with Gasteiger partial charge < -0.3 is 19.7 Å². The first-order valence-corrected chi connectivity index (χ1v) is 9.24. The molecule has 3 rings (SSSR count). The van der Waals surface area contributed by atoms with Crippen LogP contribution in [0.1, 0.15) is 11.7 Å². The average Bonchev–Trinajstić information content (AvgIpc) is 2.79. The van der Waals surface area contributed by atoms with Gasteiger partial charge in [-0.15, -0.1) is 0 Å². The minimum atomic E-state index is -1.11. The molecule has 0 radical (unpaired) electrons. The number of benzene rings is 2. The zero-order valence-electron chi connectivity index (χ0n) is 16.7. The van der Waals surface area contributed by atoms with E-state index in [1.807, 2.05) is 6.07 Å². The van der Waals surface area contributed by atoms with Crippen molar-refractivity contribution in [3.8, 4) is 5.75 Å². The highest BCUT2D eigenvalue weighted by atomic mass is 16.5. The van der Waals surface area contributed by atoms with Gasteiger partial charge in [0.1, 0.15) is 12.3 Å². The number of nitrogens with one attached hydrogen (secondary N) is 1. The second kappa shape index (κ2) is 10.0. The normalized spacial score (nSPS) is 11.3. The molecule has 8 heteroatoms. The highest BCUT2D eigenvalue weighted by Crippen LogP contribution is 2.22. The fourth-order valence-electron chi connectivity index (χ4n) is 2.70. The SMILES string of the molecule is COc1ccc(NC(=O)C(OC(=O)CN(C)c2ncccn2)c2ccccc2)cc1. The molecule has 1 heterocycles. The Labute approximate surface area is 174 Å². The fraction of sp³-hybridized carbons (Fsp3) is 0.182. The lowest BCUT2D eigenvalue weighted by Gasteiger charge is -2.21. The summed E-state index contributed by atoms with van der Waals surface area (Å²) in [7, 11) is 3.24. The van der Waals surface area contributed by atoms with Crippen LogP contribution in [0.3, 0.4) is 0 Å². The summed E-state index contributed by atoms with van der Waals surface area (Å²) >= 11 is 0. The Morgan fingerprint density at radius 2 is 1.67 bits per heavy atom. The molecule has 0 aliphatic heterocycles.